The molecule has 15 heavy (non-hydrogen) atoms. The van der Waals surface area contributed by atoms with Crippen LogP contribution >= 0.6 is 11.6 Å². The molecule has 1 aromatic carbocycles. The molecular formula is C11H12ClN3. The normalized spacial score (nSPS) is 10.5. The van der Waals surface area contributed by atoms with E-state index in [-0.39, 0.29) is 0 Å². The summed E-state index contributed by atoms with van der Waals surface area (Å²) in [4.78, 5) is 4.25. The Balaban J connectivity index is 2.78. The largest absolute Gasteiger partial charge is 0.398 e. The number of hydrogen-bond acceptors (Lipinski definition) is 3. The van der Waals surface area contributed by atoms with E-state index in [1.165, 1.54) is 0 Å². The van der Waals surface area contributed by atoms with Gasteiger partial charge in [-0.1, -0.05) is 11.6 Å². The van der Waals surface area contributed by atoms with Gasteiger partial charge in [0.15, 0.2) is 0 Å². The van der Waals surface area contributed by atoms with E-state index in [0.717, 1.165) is 28.8 Å². The van der Waals surface area contributed by atoms with Crippen LogP contribution in [0.4, 0.5) is 11.5 Å². The van der Waals surface area contributed by atoms with Crippen molar-refractivity contribution in [2.24, 2.45) is 0 Å². The third-order valence-corrected chi connectivity index (χ3v) is 2.57. The van der Waals surface area contributed by atoms with Crippen LogP contribution in [0.25, 0.3) is 10.8 Å². The van der Waals surface area contributed by atoms with Crippen LogP contribution in [0.5, 0.6) is 0 Å². The highest BCUT2D eigenvalue weighted by atomic mass is 35.5. The molecule has 0 saturated heterocycles. The Morgan fingerprint density at radius 1 is 1.40 bits per heavy atom. The number of hydrogen-bond donors (Lipinski definition) is 2. The minimum atomic E-state index is 0.670. The molecule has 1 aromatic heterocycles. The van der Waals surface area contributed by atoms with Crippen molar-refractivity contribution in [2.45, 2.75) is 6.92 Å². The Morgan fingerprint density at radius 3 is 2.93 bits per heavy atom. The molecule has 0 aliphatic rings. The van der Waals surface area contributed by atoms with Gasteiger partial charge >= 0.3 is 0 Å². The van der Waals surface area contributed by atoms with E-state index in [4.69, 9.17) is 17.3 Å². The Hall–Kier alpha value is -1.48. The van der Waals surface area contributed by atoms with Crippen molar-refractivity contribution in [1.82, 2.24) is 4.98 Å². The van der Waals surface area contributed by atoms with Gasteiger partial charge < -0.3 is 11.1 Å². The molecule has 0 unspecified atom stereocenters. The number of nitrogens with one attached hydrogen (secondary N) is 1. The number of pyridine rings is 1. The molecule has 0 atom stereocenters. The molecule has 4 heteroatoms. The van der Waals surface area contributed by atoms with Crippen LogP contribution in [0, 0.1) is 0 Å². The number of anilines is 2. The maximum Gasteiger partial charge on any atom is 0.135 e. The number of fused-ring (bicyclic) bond motifs is 1. The van der Waals surface area contributed by atoms with Crippen LogP contribution in [-0.2, 0) is 0 Å². The Labute approximate surface area is 93.3 Å². The van der Waals surface area contributed by atoms with E-state index in [9.17, 15) is 0 Å². The molecule has 0 saturated carbocycles. The van der Waals surface area contributed by atoms with E-state index < -0.39 is 0 Å². The quantitative estimate of drug-likeness (QED) is 0.767. The zero-order valence-electron chi connectivity index (χ0n) is 8.42. The summed E-state index contributed by atoms with van der Waals surface area (Å²) in [6, 6.07) is 5.47. The lowest BCUT2D eigenvalue weighted by atomic mass is 10.1. The third-order valence-electron chi connectivity index (χ3n) is 2.25. The summed E-state index contributed by atoms with van der Waals surface area (Å²) in [6.07, 6.45) is 1.73. The molecule has 0 radical (unpaired) electrons. The van der Waals surface area contributed by atoms with Crippen LogP contribution < -0.4 is 11.1 Å². The van der Waals surface area contributed by atoms with Crippen LogP contribution in [-0.4, -0.2) is 11.5 Å². The molecule has 2 aromatic rings. The molecule has 3 nitrogen and oxygen atoms in total. The number of nitrogens with two attached hydrogens (primary N) is 1. The average molecular weight is 222 g/mol. The van der Waals surface area contributed by atoms with Gasteiger partial charge in [0.2, 0.25) is 0 Å². The van der Waals surface area contributed by atoms with E-state index in [1.54, 1.807) is 18.3 Å². The lowest BCUT2D eigenvalue weighted by molar-refractivity contribution is 1.17. The first-order valence-electron chi connectivity index (χ1n) is 4.80. The highest BCUT2D eigenvalue weighted by Gasteiger charge is 2.07. The maximum atomic E-state index is 6.13. The van der Waals surface area contributed by atoms with E-state index >= 15 is 0 Å². The van der Waals surface area contributed by atoms with Crippen molar-refractivity contribution >= 4 is 33.9 Å². The van der Waals surface area contributed by atoms with Crippen LogP contribution in [0.1, 0.15) is 6.92 Å². The van der Waals surface area contributed by atoms with Crippen molar-refractivity contribution < 1.29 is 0 Å². The van der Waals surface area contributed by atoms with Crippen molar-refractivity contribution in [3.8, 4) is 0 Å². The summed E-state index contributed by atoms with van der Waals surface area (Å²) in [5, 5.41) is 5.67. The minimum absolute atomic E-state index is 0.670. The zero-order chi connectivity index (χ0) is 10.8. The van der Waals surface area contributed by atoms with Gasteiger partial charge in [-0.05, 0) is 25.1 Å². The van der Waals surface area contributed by atoms with Crippen molar-refractivity contribution in [1.29, 1.82) is 0 Å². The number of benzene rings is 1. The highest BCUT2D eigenvalue weighted by molar-refractivity contribution is 6.37. The Morgan fingerprint density at radius 2 is 2.20 bits per heavy atom. The Kier molecular flexibility index (Phi) is 2.64. The molecule has 78 valence electrons. The monoisotopic (exact) mass is 221 g/mol. The number of halogens is 1. The summed E-state index contributed by atoms with van der Waals surface area (Å²) < 4.78 is 0. The lowest BCUT2D eigenvalue weighted by Gasteiger charge is -2.09. The van der Waals surface area contributed by atoms with E-state index in [2.05, 4.69) is 10.3 Å². The first-order chi connectivity index (χ1) is 7.24. The molecule has 0 aliphatic carbocycles. The fraction of sp³-hybridized carbons (Fsp3) is 0.182. The number of aromatic nitrogens is 1. The number of nitrogens with zero attached hydrogens (tertiary/aromatic N) is 1. The smallest absolute Gasteiger partial charge is 0.135 e. The summed E-state index contributed by atoms with van der Waals surface area (Å²) in [5.41, 5.74) is 6.59. The molecule has 0 bridgehead atoms. The second-order valence-corrected chi connectivity index (χ2v) is 3.66. The Bertz CT molecular complexity index is 496. The van der Waals surface area contributed by atoms with Gasteiger partial charge in [0.1, 0.15) is 5.82 Å². The standard InChI is InChI=1S/C11H12ClN3/c1-2-14-11-10-7(5-6-15-11)9(13)4-3-8(10)12/h3-6H,2,13H2,1H3,(H,14,15). The first-order valence-corrected chi connectivity index (χ1v) is 5.18. The van der Waals surface area contributed by atoms with Gasteiger partial charge in [-0.15, -0.1) is 0 Å². The second-order valence-electron chi connectivity index (χ2n) is 3.25. The molecule has 0 amide bonds. The fourth-order valence-corrected chi connectivity index (χ4v) is 1.84. The summed E-state index contributed by atoms with van der Waals surface area (Å²) in [6.45, 7) is 2.82. The maximum absolute atomic E-state index is 6.13. The predicted octanol–water partition coefficient (Wildman–Crippen LogP) is 2.90. The first kappa shape index (κ1) is 10.1. The van der Waals surface area contributed by atoms with Crippen LogP contribution in [0.15, 0.2) is 24.4 Å². The van der Waals surface area contributed by atoms with Crippen molar-refractivity contribution in [3.63, 3.8) is 0 Å². The average Bonchev–Trinajstić information content (AvgIpc) is 2.24. The fourth-order valence-electron chi connectivity index (χ4n) is 1.58. The molecule has 0 fully saturated rings. The third kappa shape index (κ3) is 1.70. The van der Waals surface area contributed by atoms with Gasteiger partial charge in [0, 0.05) is 29.2 Å². The van der Waals surface area contributed by atoms with E-state index in [1.807, 2.05) is 13.0 Å². The predicted molar refractivity (Wildman–Crippen MR) is 65.3 cm³/mol. The summed E-state index contributed by atoms with van der Waals surface area (Å²) in [5.74, 6) is 0.785. The SMILES string of the molecule is CCNc1nccc2c(N)ccc(Cl)c12. The highest BCUT2D eigenvalue weighted by Crippen LogP contribution is 2.32. The van der Waals surface area contributed by atoms with E-state index in [0.29, 0.717) is 5.02 Å². The number of nitrogen functional groups attached to an aromatic ring is 1. The molecule has 2 rings (SSSR count). The van der Waals surface area contributed by atoms with Gasteiger partial charge in [-0.3, -0.25) is 0 Å². The molecule has 0 aliphatic heterocycles. The summed E-state index contributed by atoms with van der Waals surface area (Å²) >= 11 is 6.13. The molecule has 3 N–H and O–H groups in total. The summed E-state index contributed by atoms with van der Waals surface area (Å²) in [7, 11) is 0. The van der Waals surface area contributed by atoms with Crippen molar-refractivity contribution in [3.05, 3.63) is 29.4 Å². The zero-order valence-corrected chi connectivity index (χ0v) is 9.17. The topological polar surface area (TPSA) is 50.9 Å². The number of rotatable bonds is 2. The minimum Gasteiger partial charge on any atom is -0.398 e. The lowest BCUT2D eigenvalue weighted by Crippen LogP contribution is -2.00. The molecule has 0 spiro atoms. The van der Waals surface area contributed by atoms with Gasteiger partial charge in [0.05, 0.1) is 5.02 Å². The van der Waals surface area contributed by atoms with Crippen molar-refractivity contribution in [2.75, 3.05) is 17.6 Å². The molecule has 1 heterocycles. The van der Waals surface area contributed by atoms with Crippen LogP contribution in [0.3, 0.4) is 0 Å². The van der Waals surface area contributed by atoms with Gasteiger partial charge in [-0.25, -0.2) is 4.98 Å². The molecular weight excluding hydrogens is 210 g/mol. The van der Waals surface area contributed by atoms with Crippen LogP contribution in [0.2, 0.25) is 5.02 Å². The second kappa shape index (κ2) is 3.95. The van der Waals surface area contributed by atoms with Gasteiger partial charge in [-0.2, -0.15) is 0 Å². The van der Waals surface area contributed by atoms with Gasteiger partial charge in [0.25, 0.3) is 0 Å².